The minimum Gasteiger partial charge on any atom is -0.744 e. The van der Waals surface area contributed by atoms with Crippen molar-refractivity contribution in [1.82, 2.24) is 0 Å². The lowest BCUT2D eigenvalue weighted by molar-refractivity contribution is -0.720. The Kier molecular flexibility index (Phi) is 5.79. The van der Waals surface area contributed by atoms with Crippen LogP contribution in [0.2, 0.25) is 0 Å². The molecular formula is C14H16FNO3S. The molecule has 1 aromatic heterocycles. The van der Waals surface area contributed by atoms with Gasteiger partial charge in [-0.25, -0.2) is 8.42 Å². The summed E-state index contributed by atoms with van der Waals surface area (Å²) in [4.78, 5) is -0.178. The fourth-order valence-electron chi connectivity index (χ4n) is 1.42. The van der Waals surface area contributed by atoms with Gasteiger partial charge in [0.05, 0.1) is 4.90 Å². The van der Waals surface area contributed by atoms with Crippen LogP contribution in [0.1, 0.15) is 12.5 Å². The molecule has 2 rings (SSSR count). The molecule has 0 aliphatic heterocycles. The summed E-state index contributed by atoms with van der Waals surface area (Å²) in [6, 6.07) is 10.7. The number of aromatic nitrogens is 1. The third-order valence-corrected chi connectivity index (χ3v) is 3.39. The molecule has 1 aromatic carbocycles. The zero-order valence-corrected chi connectivity index (χ0v) is 12.1. The third kappa shape index (κ3) is 5.07. The monoisotopic (exact) mass is 297 g/mol. The van der Waals surface area contributed by atoms with Crippen molar-refractivity contribution in [2.45, 2.75) is 25.3 Å². The first-order valence-electron chi connectivity index (χ1n) is 6.01. The highest BCUT2D eigenvalue weighted by Gasteiger charge is 2.02. The van der Waals surface area contributed by atoms with Crippen LogP contribution in [0.3, 0.4) is 0 Å². The quantitative estimate of drug-likeness (QED) is 0.484. The first kappa shape index (κ1) is 16.3. The van der Waals surface area contributed by atoms with E-state index < -0.39 is 10.1 Å². The maximum atomic E-state index is 12.6. The average Bonchev–Trinajstić information content (AvgIpc) is 2.39. The zero-order valence-electron chi connectivity index (χ0n) is 11.3. The normalized spacial score (nSPS) is 10.6. The lowest BCUT2D eigenvalue weighted by atomic mass is 10.2. The van der Waals surface area contributed by atoms with Gasteiger partial charge in [-0.05, 0) is 32.0 Å². The van der Waals surface area contributed by atoms with Crippen LogP contribution in [0, 0.1) is 12.9 Å². The molecule has 20 heavy (non-hydrogen) atoms. The first-order valence-corrected chi connectivity index (χ1v) is 7.42. The Morgan fingerprint density at radius 1 is 1.15 bits per heavy atom. The summed E-state index contributed by atoms with van der Waals surface area (Å²) in [6.45, 7) is 4.41. The molecule has 0 N–H and O–H groups in total. The molecule has 108 valence electrons. The van der Waals surface area contributed by atoms with Crippen molar-refractivity contribution in [3.8, 4) is 0 Å². The van der Waals surface area contributed by atoms with Crippen molar-refractivity contribution in [3.63, 3.8) is 0 Å². The predicted octanol–water partition coefficient (Wildman–Crippen LogP) is 2.03. The molecule has 4 nitrogen and oxygen atoms in total. The number of halogens is 1. The molecule has 0 atom stereocenters. The van der Waals surface area contributed by atoms with E-state index in [9.17, 15) is 17.4 Å². The van der Waals surface area contributed by atoms with Crippen molar-refractivity contribution >= 4 is 10.1 Å². The van der Waals surface area contributed by atoms with E-state index in [0.29, 0.717) is 6.54 Å². The molecule has 0 saturated carbocycles. The van der Waals surface area contributed by atoms with Gasteiger partial charge in [-0.1, -0.05) is 17.7 Å². The van der Waals surface area contributed by atoms with Crippen molar-refractivity contribution in [3.05, 3.63) is 60.2 Å². The second-order valence-corrected chi connectivity index (χ2v) is 5.46. The number of aryl methyl sites for hydroxylation is 2. The lowest BCUT2D eigenvalue weighted by Crippen LogP contribution is -2.35. The highest BCUT2D eigenvalue weighted by atomic mass is 32.2. The van der Waals surface area contributed by atoms with Gasteiger partial charge in [-0.2, -0.15) is 4.57 Å². The molecule has 6 heteroatoms. The van der Waals surface area contributed by atoms with E-state index in [4.69, 9.17) is 0 Å². The van der Waals surface area contributed by atoms with Crippen molar-refractivity contribution in [1.29, 1.82) is 0 Å². The highest BCUT2D eigenvalue weighted by molar-refractivity contribution is 7.85. The van der Waals surface area contributed by atoms with Crippen LogP contribution >= 0.6 is 0 Å². The highest BCUT2D eigenvalue weighted by Crippen LogP contribution is 2.08. The summed E-state index contributed by atoms with van der Waals surface area (Å²) in [5, 5.41) is 0. The molecule has 0 amide bonds. The maximum absolute atomic E-state index is 12.6. The fourth-order valence-corrected chi connectivity index (χ4v) is 1.89. The van der Waals surface area contributed by atoms with Crippen LogP contribution in [0.4, 0.5) is 4.39 Å². The summed E-state index contributed by atoms with van der Waals surface area (Å²) in [6.07, 6.45) is 1.72. The summed E-state index contributed by atoms with van der Waals surface area (Å²) in [5.41, 5.74) is 0.928. The SMILES string of the molecule is CC[n+]1ccccc1F.Cc1ccc(S(=O)(=O)[O-])cc1. The largest absolute Gasteiger partial charge is 0.744 e. The standard InChI is InChI=1S/C7H9FN.C7H8O3S/c1-2-9-6-4-3-5-7(9)8;1-6-2-4-7(5-3-6)11(8,9)10/h3-6H,2H2,1H3;2-5H,1H3,(H,8,9,10)/q+1;/p-1. The molecule has 0 unspecified atom stereocenters. The predicted molar refractivity (Wildman–Crippen MR) is 71.4 cm³/mol. The number of hydrogen-bond donors (Lipinski definition) is 0. The molecule has 0 radical (unpaired) electrons. The van der Waals surface area contributed by atoms with E-state index in [-0.39, 0.29) is 10.8 Å². The van der Waals surface area contributed by atoms with Gasteiger partial charge in [0.2, 0.25) is 0 Å². The fraction of sp³-hybridized carbons (Fsp3) is 0.214. The minimum atomic E-state index is -4.27. The number of pyridine rings is 1. The Hall–Kier alpha value is -1.79. The van der Waals surface area contributed by atoms with Crippen LogP contribution in [-0.2, 0) is 16.7 Å². The van der Waals surface area contributed by atoms with Gasteiger partial charge in [0.25, 0.3) is 0 Å². The third-order valence-electron chi connectivity index (χ3n) is 2.54. The molecule has 0 aliphatic rings. The number of hydrogen-bond acceptors (Lipinski definition) is 3. The van der Waals surface area contributed by atoms with Crippen LogP contribution in [0.15, 0.2) is 53.6 Å². The molecule has 1 heterocycles. The van der Waals surface area contributed by atoms with E-state index >= 15 is 0 Å². The van der Waals surface area contributed by atoms with Gasteiger partial charge in [0.15, 0.2) is 6.20 Å². The topological polar surface area (TPSA) is 61.1 Å². The summed E-state index contributed by atoms with van der Waals surface area (Å²) < 4.78 is 45.3. The molecule has 0 saturated heterocycles. The van der Waals surface area contributed by atoms with E-state index in [1.165, 1.54) is 18.2 Å². The van der Waals surface area contributed by atoms with Gasteiger partial charge in [-0.3, -0.25) is 0 Å². The average molecular weight is 297 g/mol. The van der Waals surface area contributed by atoms with E-state index in [1.54, 1.807) is 29.0 Å². The smallest absolute Gasteiger partial charge is 0.359 e. The van der Waals surface area contributed by atoms with Crippen molar-refractivity contribution in [2.24, 2.45) is 0 Å². The van der Waals surface area contributed by atoms with Crippen LogP contribution in [0.5, 0.6) is 0 Å². The van der Waals surface area contributed by atoms with Crippen LogP contribution in [-0.4, -0.2) is 13.0 Å². The Balaban J connectivity index is 0.000000204. The maximum Gasteiger partial charge on any atom is 0.359 e. The van der Waals surface area contributed by atoms with Gasteiger partial charge in [-0.15, -0.1) is 4.39 Å². The number of benzene rings is 1. The van der Waals surface area contributed by atoms with Gasteiger partial charge in [0.1, 0.15) is 16.7 Å². The molecular weight excluding hydrogens is 281 g/mol. The Bertz CT molecular complexity index is 654. The van der Waals surface area contributed by atoms with Crippen LogP contribution in [0.25, 0.3) is 0 Å². The Morgan fingerprint density at radius 2 is 1.75 bits per heavy atom. The first-order chi connectivity index (χ1) is 9.34. The number of nitrogens with zero attached hydrogens (tertiary/aromatic N) is 1. The van der Waals surface area contributed by atoms with Crippen molar-refractivity contribution < 1.29 is 21.9 Å². The van der Waals surface area contributed by atoms with E-state index in [1.807, 2.05) is 19.9 Å². The van der Waals surface area contributed by atoms with Gasteiger partial charge < -0.3 is 4.55 Å². The second kappa shape index (κ2) is 7.12. The molecule has 2 aromatic rings. The summed E-state index contributed by atoms with van der Waals surface area (Å²) >= 11 is 0. The zero-order chi connectivity index (χ0) is 15.2. The van der Waals surface area contributed by atoms with E-state index in [2.05, 4.69) is 0 Å². The van der Waals surface area contributed by atoms with Crippen LogP contribution < -0.4 is 4.57 Å². The Morgan fingerprint density at radius 3 is 2.15 bits per heavy atom. The molecule has 0 aliphatic carbocycles. The molecule has 0 spiro atoms. The van der Waals surface area contributed by atoms with Crippen molar-refractivity contribution in [2.75, 3.05) is 0 Å². The van der Waals surface area contributed by atoms with E-state index in [0.717, 1.165) is 5.56 Å². The summed E-state index contributed by atoms with van der Waals surface area (Å²) in [5.74, 6) is -0.181. The lowest BCUT2D eigenvalue weighted by Gasteiger charge is -2.05. The van der Waals surface area contributed by atoms with Gasteiger partial charge >= 0.3 is 5.95 Å². The van der Waals surface area contributed by atoms with Gasteiger partial charge in [0, 0.05) is 12.1 Å². The summed E-state index contributed by atoms with van der Waals surface area (Å²) in [7, 11) is -4.27. The molecule has 0 bridgehead atoms. The number of rotatable bonds is 2. The Labute approximate surface area is 118 Å². The second-order valence-electron chi connectivity index (χ2n) is 4.08. The minimum absolute atomic E-state index is 0.178. The molecule has 0 fully saturated rings.